The normalized spacial score (nSPS) is 16.9. The molecule has 1 aliphatic rings. The maximum absolute atomic E-state index is 12.5. The number of carbonyl (C=O) groups is 2. The Morgan fingerprint density at radius 2 is 1.87 bits per heavy atom. The molecule has 0 aromatic heterocycles. The number of piperazine rings is 1. The Balaban J connectivity index is 1.96. The van der Waals surface area contributed by atoms with Crippen LogP contribution in [0.4, 0.5) is 4.79 Å². The summed E-state index contributed by atoms with van der Waals surface area (Å²) in [6.07, 6.45) is 0. The van der Waals surface area contributed by atoms with Crippen LogP contribution >= 0.6 is 11.6 Å². The molecule has 126 valence electrons. The number of nitrogens with one attached hydrogen (secondary N) is 1. The van der Waals surface area contributed by atoms with Crippen LogP contribution in [0.3, 0.4) is 0 Å². The van der Waals surface area contributed by atoms with E-state index in [0.29, 0.717) is 18.1 Å². The Morgan fingerprint density at radius 3 is 2.43 bits per heavy atom. The molecule has 0 bridgehead atoms. The molecule has 10 heteroatoms. The zero-order chi connectivity index (χ0) is 17.0. The first kappa shape index (κ1) is 17.7. The zero-order valence-electron chi connectivity index (χ0n) is 12.2. The van der Waals surface area contributed by atoms with Gasteiger partial charge in [-0.2, -0.15) is 4.31 Å². The van der Waals surface area contributed by atoms with Gasteiger partial charge in [-0.25, -0.2) is 13.2 Å². The van der Waals surface area contributed by atoms with Gasteiger partial charge >= 0.3 is 6.03 Å². The number of amides is 3. The lowest BCUT2D eigenvalue weighted by molar-refractivity contribution is -0.121. The third-order valence-electron chi connectivity index (χ3n) is 3.39. The Kier molecular flexibility index (Phi) is 5.58. The van der Waals surface area contributed by atoms with Crippen molar-refractivity contribution in [3.63, 3.8) is 0 Å². The molecule has 0 unspecified atom stereocenters. The average molecular weight is 361 g/mol. The van der Waals surface area contributed by atoms with E-state index in [0.717, 1.165) is 0 Å². The van der Waals surface area contributed by atoms with Crippen LogP contribution in [0, 0.1) is 0 Å². The minimum Gasteiger partial charge on any atom is -0.351 e. The predicted molar refractivity (Wildman–Crippen MR) is 84.4 cm³/mol. The SMILES string of the molecule is NC(=O)NC(=O)CN1CCN(S(=O)(=O)c2cccc(Cl)c2)CC1. The summed E-state index contributed by atoms with van der Waals surface area (Å²) < 4.78 is 26.4. The summed E-state index contributed by atoms with van der Waals surface area (Å²) in [5.74, 6) is -0.511. The molecule has 3 N–H and O–H groups in total. The Labute approximate surface area is 139 Å². The van der Waals surface area contributed by atoms with Gasteiger partial charge in [0.25, 0.3) is 0 Å². The number of sulfonamides is 1. The van der Waals surface area contributed by atoms with Crippen molar-refractivity contribution in [3.05, 3.63) is 29.3 Å². The lowest BCUT2D eigenvalue weighted by Crippen LogP contribution is -2.51. The highest BCUT2D eigenvalue weighted by atomic mass is 35.5. The fourth-order valence-electron chi connectivity index (χ4n) is 2.28. The summed E-state index contributed by atoms with van der Waals surface area (Å²) in [6, 6.07) is 5.18. The van der Waals surface area contributed by atoms with Gasteiger partial charge in [-0.1, -0.05) is 17.7 Å². The molecule has 1 aromatic carbocycles. The number of hydrogen-bond donors (Lipinski definition) is 2. The number of hydrogen-bond acceptors (Lipinski definition) is 5. The van der Waals surface area contributed by atoms with Crippen molar-refractivity contribution in [1.29, 1.82) is 0 Å². The lowest BCUT2D eigenvalue weighted by Gasteiger charge is -2.33. The van der Waals surface area contributed by atoms with Crippen molar-refractivity contribution in [2.24, 2.45) is 5.73 Å². The van der Waals surface area contributed by atoms with E-state index in [4.69, 9.17) is 17.3 Å². The van der Waals surface area contributed by atoms with Crippen LogP contribution in [0.1, 0.15) is 0 Å². The van der Waals surface area contributed by atoms with E-state index in [1.807, 2.05) is 5.32 Å². The van der Waals surface area contributed by atoms with Gasteiger partial charge in [0.15, 0.2) is 0 Å². The Hall–Kier alpha value is -1.68. The van der Waals surface area contributed by atoms with Gasteiger partial charge in [0.1, 0.15) is 0 Å². The molecule has 3 amide bonds. The molecule has 0 aliphatic carbocycles. The van der Waals surface area contributed by atoms with Gasteiger partial charge in [0, 0.05) is 31.2 Å². The molecule has 0 atom stereocenters. The number of nitrogens with two attached hydrogens (primary N) is 1. The summed E-state index contributed by atoms with van der Waals surface area (Å²) in [5.41, 5.74) is 4.87. The van der Waals surface area contributed by atoms with Crippen molar-refractivity contribution in [2.45, 2.75) is 4.90 Å². The lowest BCUT2D eigenvalue weighted by atomic mass is 10.3. The minimum atomic E-state index is -3.61. The van der Waals surface area contributed by atoms with Crippen LogP contribution in [0.5, 0.6) is 0 Å². The fourth-order valence-corrected chi connectivity index (χ4v) is 4.01. The van der Waals surface area contributed by atoms with Gasteiger partial charge < -0.3 is 5.73 Å². The van der Waals surface area contributed by atoms with Crippen LogP contribution in [0.2, 0.25) is 5.02 Å². The van der Waals surface area contributed by atoms with Gasteiger partial charge in [0.2, 0.25) is 15.9 Å². The van der Waals surface area contributed by atoms with E-state index in [1.165, 1.54) is 16.4 Å². The molecule has 1 saturated heterocycles. The summed E-state index contributed by atoms with van der Waals surface area (Å²) in [7, 11) is -3.61. The second-order valence-corrected chi connectivity index (χ2v) is 7.42. The number of nitrogens with zero attached hydrogens (tertiary/aromatic N) is 2. The number of primary amides is 1. The smallest absolute Gasteiger partial charge is 0.318 e. The van der Waals surface area contributed by atoms with E-state index in [2.05, 4.69) is 0 Å². The van der Waals surface area contributed by atoms with Crippen molar-refractivity contribution < 1.29 is 18.0 Å². The number of benzene rings is 1. The standard InChI is InChI=1S/C13H17ClN4O4S/c14-10-2-1-3-11(8-10)23(21,22)18-6-4-17(5-7-18)9-12(19)16-13(15)20/h1-3,8H,4-7,9H2,(H3,15,16,19,20). The van der Waals surface area contributed by atoms with Gasteiger partial charge in [-0.05, 0) is 18.2 Å². The maximum atomic E-state index is 12.5. The van der Waals surface area contributed by atoms with Crippen LogP contribution in [0.15, 0.2) is 29.2 Å². The molecule has 0 radical (unpaired) electrons. The first-order chi connectivity index (χ1) is 10.8. The third-order valence-corrected chi connectivity index (χ3v) is 5.52. The highest BCUT2D eigenvalue weighted by molar-refractivity contribution is 7.89. The maximum Gasteiger partial charge on any atom is 0.318 e. The molecular weight excluding hydrogens is 344 g/mol. The second-order valence-electron chi connectivity index (χ2n) is 5.05. The first-order valence-corrected chi connectivity index (χ1v) is 8.68. The van der Waals surface area contributed by atoms with E-state index in [-0.39, 0.29) is 24.5 Å². The first-order valence-electron chi connectivity index (χ1n) is 6.86. The third kappa shape index (κ3) is 4.64. The van der Waals surface area contributed by atoms with Gasteiger partial charge in [0.05, 0.1) is 11.4 Å². The van der Waals surface area contributed by atoms with E-state index < -0.39 is 22.0 Å². The quantitative estimate of drug-likeness (QED) is 0.774. The number of rotatable bonds is 4. The van der Waals surface area contributed by atoms with Crippen molar-refractivity contribution in [1.82, 2.24) is 14.5 Å². The molecule has 0 saturated carbocycles. The monoisotopic (exact) mass is 360 g/mol. The zero-order valence-corrected chi connectivity index (χ0v) is 13.8. The predicted octanol–water partition coefficient (Wildman–Crippen LogP) is -0.159. The second kappa shape index (κ2) is 7.26. The van der Waals surface area contributed by atoms with Crippen molar-refractivity contribution in [3.8, 4) is 0 Å². The van der Waals surface area contributed by atoms with Crippen molar-refractivity contribution in [2.75, 3.05) is 32.7 Å². The number of imide groups is 1. The summed E-state index contributed by atoms with van der Waals surface area (Å²) in [6.45, 7) is 1.25. The molecule has 2 rings (SSSR count). The fraction of sp³-hybridized carbons (Fsp3) is 0.385. The molecule has 0 spiro atoms. The Bertz CT molecular complexity index is 702. The summed E-state index contributed by atoms with van der Waals surface area (Å²) >= 11 is 5.84. The largest absolute Gasteiger partial charge is 0.351 e. The molecule has 23 heavy (non-hydrogen) atoms. The minimum absolute atomic E-state index is 0.00596. The van der Waals surface area contributed by atoms with E-state index >= 15 is 0 Å². The molecular formula is C13H17ClN4O4S. The van der Waals surface area contributed by atoms with Crippen LogP contribution < -0.4 is 11.1 Å². The molecule has 1 aromatic rings. The number of urea groups is 1. The topological polar surface area (TPSA) is 113 Å². The highest BCUT2D eigenvalue weighted by Gasteiger charge is 2.29. The average Bonchev–Trinajstić information content (AvgIpc) is 2.47. The van der Waals surface area contributed by atoms with Crippen molar-refractivity contribution >= 4 is 33.6 Å². The number of carbonyl (C=O) groups excluding carboxylic acids is 2. The molecule has 1 fully saturated rings. The van der Waals surface area contributed by atoms with E-state index in [9.17, 15) is 18.0 Å². The molecule has 1 heterocycles. The van der Waals surface area contributed by atoms with Gasteiger partial charge in [-0.15, -0.1) is 0 Å². The number of halogens is 1. The molecule has 1 aliphatic heterocycles. The van der Waals surface area contributed by atoms with Crippen LogP contribution in [-0.4, -0.2) is 62.3 Å². The van der Waals surface area contributed by atoms with E-state index in [1.54, 1.807) is 17.0 Å². The highest BCUT2D eigenvalue weighted by Crippen LogP contribution is 2.20. The van der Waals surface area contributed by atoms with Gasteiger partial charge in [-0.3, -0.25) is 15.0 Å². The molecule has 8 nitrogen and oxygen atoms in total. The van der Waals surface area contributed by atoms with Crippen LogP contribution in [-0.2, 0) is 14.8 Å². The summed E-state index contributed by atoms with van der Waals surface area (Å²) in [4.78, 5) is 23.9. The Morgan fingerprint density at radius 1 is 1.22 bits per heavy atom. The summed E-state index contributed by atoms with van der Waals surface area (Å²) in [5, 5.41) is 2.33. The van der Waals surface area contributed by atoms with Crippen LogP contribution in [0.25, 0.3) is 0 Å².